The molecule has 3 aromatic carbocycles. The van der Waals surface area contributed by atoms with E-state index in [0.717, 1.165) is 18.7 Å². The van der Waals surface area contributed by atoms with Gasteiger partial charge in [-0.1, -0.05) is 54.6 Å². The molecule has 0 bridgehead atoms. The number of rotatable bonds is 8. The summed E-state index contributed by atoms with van der Waals surface area (Å²) in [5.74, 6) is 1.01. The van der Waals surface area contributed by atoms with E-state index >= 15 is 0 Å². The first-order valence-corrected chi connectivity index (χ1v) is 14.7. The Morgan fingerprint density at radius 2 is 1.00 bits per heavy atom. The highest BCUT2D eigenvalue weighted by Crippen LogP contribution is 2.41. The molecule has 0 saturated heterocycles. The minimum absolute atomic E-state index is 0.270. The molecule has 0 unspecified atom stereocenters. The summed E-state index contributed by atoms with van der Waals surface area (Å²) in [5, 5.41) is 0. The molecule has 0 radical (unpaired) electrons. The Bertz CT molecular complexity index is 1230. The fraction of sp³-hybridized carbons (Fsp3) is 0.0833. The number of halogens is 2. The van der Waals surface area contributed by atoms with Crippen LogP contribution in [0.1, 0.15) is 11.4 Å². The highest BCUT2D eigenvalue weighted by Gasteiger charge is 2.29. The number of hydrogen-bond acceptors (Lipinski definition) is 4. The molecule has 0 N–H and O–H groups in total. The van der Waals surface area contributed by atoms with Crippen molar-refractivity contribution in [1.29, 1.82) is 0 Å². The first-order valence-electron chi connectivity index (χ1n) is 9.72. The molecule has 1 heterocycles. The first kappa shape index (κ1) is 23.7. The molecule has 4 aromatic rings. The van der Waals surface area contributed by atoms with Crippen LogP contribution in [-0.2, 0) is 21.5 Å². The Morgan fingerprint density at radius 3 is 1.41 bits per heavy atom. The Hall–Kier alpha value is -1.45. The van der Waals surface area contributed by atoms with Crippen molar-refractivity contribution >= 4 is 65.4 Å². The van der Waals surface area contributed by atoms with Crippen LogP contribution in [-0.4, -0.2) is 12.4 Å². The van der Waals surface area contributed by atoms with Gasteiger partial charge >= 0.3 is 0 Å². The monoisotopic (exact) mass is 607 g/mol. The van der Waals surface area contributed by atoms with Gasteiger partial charge in [0.05, 0.1) is 25.2 Å². The molecule has 32 heavy (non-hydrogen) atoms. The molecule has 0 aliphatic carbocycles. The normalized spacial score (nSPS) is 11.6. The molecule has 0 spiro atoms. The quantitative estimate of drug-likeness (QED) is 0.191. The zero-order chi connectivity index (χ0) is 22.6. The third kappa shape index (κ3) is 5.20. The molecule has 0 saturated carbocycles. The summed E-state index contributed by atoms with van der Waals surface area (Å²) in [7, 11) is -3.78. The number of nitrogens with zero attached hydrogens (tertiary/aromatic N) is 1. The fourth-order valence-corrected chi connectivity index (χ4v) is 8.48. The third-order valence-electron chi connectivity index (χ3n) is 4.71. The maximum atomic E-state index is 13.8. The van der Waals surface area contributed by atoms with Gasteiger partial charge in [0.1, 0.15) is 0 Å². The van der Waals surface area contributed by atoms with Crippen LogP contribution in [0.25, 0.3) is 0 Å². The predicted octanol–water partition coefficient (Wildman–Crippen LogP) is 7.83. The van der Waals surface area contributed by atoms with E-state index in [0.29, 0.717) is 22.9 Å². The maximum absolute atomic E-state index is 13.8. The summed E-state index contributed by atoms with van der Waals surface area (Å²) in [6.07, 6.45) is 0. The van der Waals surface area contributed by atoms with Crippen LogP contribution < -0.4 is 0 Å². The molecule has 3 nitrogen and oxygen atoms in total. The molecule has 1 aromatic heterocycles. The lowest BCUT2D eigenvalue weighted by atomic mass is 10.4. The summed E-state index contributed by atoms with van der Waals surface area (Å²) in [6, 6.07) is 28.6. The second kappa shape index (κ2) is 10.7. The van der Waals surface area contributed by atoms with Gasteiger partial charge < -0.3 is 0 Å². The van der Waals surface area contributed by atoms with Crippen molar-refractivity contribution in [3.63, 3.8) is 0 Å². The molecule has 0 aliphatic heterocycles. The van der Waals surface area contributed by atoms with E-state index in [9.17, 15) is 8.42 Å². The molecule has 0 fully saturated rings. The van der Waals surface area contributed by atoms with Gasteiger partial charge in [0.25, 0.3) is 10.0 Å². The van der Waals surface area contributed by atoms with Crippen LogP contribution in [0.5, 0.6) is 0 Å². The van der Waals surface area contributed by atoms with Crippen molar-refractivity contribution < 1.29 is 8.42 Å². The smallest absolute Gasteiger partial charge is 0.239 e. The van der Waals surface area contributed by atoms with E-state index < -0.39 is 10.0 Å². The molecule has 0 atom stereocenters. The van der Waals surface area contributed by atoms with Crippen LogP contribution in [0.3, 0.4) is 0 Å². The van der Waals surface area contributed by atoms with Gasteiger partial charge in [-0.2, -0.15) is 0 Å². The van der Waals surface area contributed by atoms with E-state index in [4.69, 9.17) is 0 Å². The molecule has 0 amide bonds. The lowest BCUT2D eigenvalue weighted by molar-refractivity contribution is 0.584. The highest BCUT2D eigenvalue weighted by molar-refractivity contribution is 9.13. The lowest BCUT2D eigenvalue weighted by Gasteiger charge is -2.15. The second-order valence-corrected chi connectivity index (χ2v) is 12.3. The second-order valence-electron chi connectivity index (χ2n) is 6.81. The van der Waals surface area contributed by atoms with E-state index in [-0.39, 0.29) is 4.90 Å². The van der Waals surface area contributed by atoms with Gasteiger partial charge in [0.2, 0.25) is 0 Å². The first-order chi connectivity index (χ1) is 15.5. The minimum Gasteiger partial charge on any atom is -0.239 e. The zero-order valence-electron chi connectivity index (χ0n) is 16.8. The van der Waals surface area contributed by atoms with Gasteiger partial charge in [-0.15, -0.1) is 23.5 Å². The average molecular weight is 609 g/mol. The number of aromatic nitrogens is 1. The topological polar surface area (TPSA) is 39.1 Å². The zero-order valence-corrected chi connectivity index (χ0v) is 22.4. The van der Waals surface area contributed by atoms with Crippen LogP contribution in [0.2, 0.25) is 0 Å². The summed E-state index contributed by atoms with van der Waals surface area (Å²) in [5.41, 5.74) is 1.41. The van der Waals surface area contributed by atoms with Crippen molar-refractivity contribution in [3.05, 3.63) is 111 Å². The summed E-state index contributed by atoms with van der Waals surface area (Å²) in [6.45, 7) is 0. The van der Waals surface area contributed by atoms with Crippen LogP contribution in [0.4, 0.5) is 0 Å². The van der Waals surface area contributed by atoms with Crippen molar-refractivity contribution in [2.24, 2.45) is 0 Å². The van der Waals surface area contributed by atoms with Gasteiger partial charge in [0.15, 0.2) is 0 Å². The van der Waals surface area contributed by atoms with E-state index in [1.807, 2.05) is 66.7 Å². The van der Waals surface area contributed by atoms with Crippen molar-refractivity contribution in [3.8, 4) is 0 Å². The molecule has 8 heteroatoms. The summed E-state index contributed by atoms with van der Waals surface area (Å²) in [4.78, 5) is 2.44. The van der Waals surface area contributed by atoms with Crippen LogP contribution in [0.15, 0.2) is 115 Å². The SMILES string of the molecule is O=S(=O)(c1ccccc1)n1c(CSc2ccccc2)c(Br)c(Br)c1CSc1ccccc1. The average Bonchev–Trinajstić information content (AvgIpc) is 3.08. The standard InChI is InChI=1S/C24H19Br2NO2S3/c25-23-21(16-30-18-10-4-1-5-11-18)27(32(28,29)20-14-8-3-9-15-20)22(24(23)26)17-31-19-12-6-2-7-13-19/h1-15H,16-17H2. The Kier molecular flexibility index (Phi) is 7.89. The Balaban J connectivity index is 1.78. The van der Waals surface area contributed by atoms with E-state index in [2.05, 4.69) is 31.9 Å². The van der Waals surface area contributed by atoms with Crippen molar-refractivity contribution in [2.75, 3.05) is 0 Å². The Morgan fingerprint density at radius 1 is 0.625 bits per heavy atom. The Labute approximate surface area is 213 Å². The predicted molar refractivity (Wildman–Crippen MR) is 141 cm³/mol. The molecular weight excluding hydrogens is 590 g/mol. The van der Waals surface area contributed by atoms with Gasteiger partial charge in [-0.05, 0) is 68.3 Å². The van der Waals surface area contributed by atoms with E-state index in [1.54, 1.807) is 47.8 Å². The number of thioether (sulfide) groups is 2. The summed E-state index contributed by atoms with van der Waals surface area (Å²) >= 11 is 10.5. The van der Waals surface area contributed by atoms with Crippen LogP contribution in [0, 0.1) is 0 Å². The van der Waals surface area contributed by atoms with Crippen molar-refractivity contribution in [1.82, 2.24) is 3.97 Å². The molecule has 164 valence electrons. The fourth-order valence-electron chi connectivity index (χ4n) is 3.16. The van der Waals surface area contributed by atoms with Crippen LogP contribution >= 0.6 is 55.4 Å². The van der Waals surface area contributed by atoms with E-state index in [1.165, 1.54) is 3.97 Å². The number of benzene rings is 3. The molecule has 4 rings (SSSR count). The summed E-state index contributed by atoms with van der Waals surface area (Å²) < 4.78 is 30.6. The molecule has 0 aliphatic rings. The maximum Gasteiger partial charge on any atom is 0.268 e. The third-order valence-corrected chi connectivity index (χ3v) is 10.8. The van der Waals surface area contributed by atoms with Crippen molar-refractivity contribution in [2.45, 2.75) is 26.2 Å². The highest BCUT2D eigenvalue weighted by atomic mass is 79.9. The van der Waals surface area contributed by atoms with Gasteiger partial charge in [-0.3, -0.25) is 0 Å². The number of hydrogen-bond donors (Lipinski definition) is 0. The minimum atomic E-state index is -3.78. The van der Waals surface area contributed by atoms with Gasteiger partial charge in [-0.25, -0.2) is 12.4 Å². The lowest BCUT2D eigenvalue weighted by Crippen LogP contribution is -2.18. The molecular formula is C24H19Br2NO2S3. The largest absolute Gasteiger partial charge is 0.268 e. The van der Waals surface area contributed by atoms with Gasteiger partial charge in [0, 0.05) is 21.3 Å².